The molecular weight excluding hydrogens is 348 g/mol. The van der Waals surface area contributed by atoms with Gasteiger partial charge in [0.2, 0.25) is 0 Å². The minimum Gasteiger partial charge on any atom is -0.398 e. The zero-order chi connectivity index (χ0) is 17.3. The summed E-state index contributed by atoms with van der Waals surface area (Å²) in [7, 11) is 2.10. The van der Waals surface area contributed by atoms with E-state index in [9.17, 15) is 4.39 Å². The number of hydrogen-bond donors (Lipinski definition) is 1. The van der Waals surface area contributed by atoms with Crippen LogP contribution in [-0.4, -0.2) is 31.1 Å². The van der Waals surface area contributed by atoms with E-state index in [1.807, 2.05) is 12.1 Å². The highest BCUT2D eigenvalue weighted by molar-refractivity contribution is 6.33. The molecule has 6 heteroatoms. The molecule has 2 aromatic rings. The Morgan fingerprint density at radius 3 is 2.67 bits per heavy atom. The maximum absolute atomic E-state index is 13.6. The van der Waals surface area contributed by atoms with E-state index >= 15 is 0 Å². The van der Waals surface area contributed by atoms with Gasteiger partial charge in [0, 0.05) is 29.8 Å². The van der Waals surface area contributed by atoms with Crippen LogP contribution in [-0.2, 0) is 6.54 Å². The van der Waals surface area contributed by atoms with Gasteiger partial charge in [-0.25, -0.2) is 4.39 Å². The quantitative estimate of drug-likeness (QED) is 0.811. The van der Waals surface area contributed by atoms with Gasteiger partial charge in [0.1, 0.15) is 5.82 Å². The molecule has 1 aliphatic rings. The molecular formula is C18H20Cl2FN3. The highest BCUT2D eigenvalue weighted by Gasteiger charge is 2.27. The number of anilines is 2. The Morgan fingerprint density at radius 1 is 1.21 bits per heavy atom. The number of nitrogen functional groups attached to an aromatic ring is 1. The maximum atomic E-state index is 13.6. The van der Waals surface area contributed by atoms with Crippen molar-refractivity contribution >= 4 is 34.6 Å². The molecule has 3 rings (SSSR count). The summed E-state index contributed by atoms with van der Waals surface area (Å²) in [6, 6.07) is 10.4. The van der Waals surface area contributed by atoms with Crippen LogP contribution in [0.4, 0.5) is 15.8 Å². The first kappa shape index (κ1) is 17.3. The van der Waals surface area contributed by atoms with Crippen LogP contribution in [0.3, 0.4) is 0 Å². The van der Waals surface area contributed by atoms with Gasteiger partial charge in [-0.3, -0.25) is 0 Å². The van der Waals surface area contributed by atoms with Gasteiger partial charge in [0.05, 0.1) is 10.7 Å². The summed E-state index contributed by atoms with van der Waals surface area (Å²) in [5.41, 5.74) is 8.11. The fourth-order valence-corrected chi connectivity index (χ4v) is 3.49. The van der Waals surface area contributed by atoms with Crippen molar-refractivity contribution in [1.82, 2.24) is 4.90 Å². The largest absolute Gasteiger partial charge is 0.398 e. The summed E-state index contributed by atoms with van der Waals surface area (Å²) in [4.78, 5) is 4.51. The number of hydrogen-bond acceptors (Lipinski definition) is 3. The first-order chi connectivity index (χ1) is 11.4. The molecule has 24 heavy (non-hydrogen) atoms. The van der Waals surface area contributed by atoms with Crippen LogP contribution < -0.4 is 10.6 Å². The van der Waals surface area contributed by atoms with Crippen molar-refractivity contribution in [3.05, 3.63) is 57.8 Å². The molecule has 3 nitrogen and oxygen atoms in total. The summed E-state index contributed by atoms with van der Waals surface area (Å²) in [5.74, 6) is -0.284. The molecule has 0 bridgehead atoms. The van der Waals surface area contributed by atoms with Gasteiger partial charge in [-0.2, -0.15) is 0 Å². The monoisotopic (exact) mass is 367 g/mol. The average molecular weight is 368 g/mol. The summed E-state index contributed by atoms with van der Waals surface area (Å²) >= 11 is 12.5. The van der Waals surface area contributed by atoms with Gasteiger partial charge in [-0.05, 0) is 62.0 Å². The van der Waals surface area contributed by atoms with E-state index < -0.39 is 0 Å². The lowest BCUT2D eigenvalue weighted by Gasteiger charge is -2.32. The van der Waals surface area contributed by atoms with Crippen molar-refractivity contribution in [1.29, 1.82) is 0 Å². The fourth-order valence-electron chi connectivity index (χ4n) is 3.14. The molecule has 1 heterocycles. The Balaban J connectivity index is 1.95. The van der Waals surface area contributed by atoms with E-state index in [0.29, 0.717) is 28.3 Å². The minimum absolute atomic E-state index is 0.284. The normalized spacial score (nSPS) is 18.1. The van der Waals surface area contributed by atoms with E-state index in [1.165, 1.54) is 12.1 Å². The van der Waals surface area contributed by atoms with Crippen molar-refractivity contribution in [2.75, 3.05) is 30.8 Å². The molecule has 1 fully saturated rings. The number of benzene rings is 2. The van der Waals surface area contributed by atoms with Crippen LogP contribution in [0, 0.1) is 5.82 Å². The first-order valence-corrected chi connectivity index (χ1v) is 8.64. The lowest BCUT2D eigenvalue weighted by atomic mass is 10.1. The molecule has 128 valence electrons. The van der Waals surface area contributed by atoms with Crippen LogP contribution in [0.2, 0.25) is 10.0 Å². The lowest BCUT2D eigenvalue weighted by Crippen LogP contribution is -2.36. The van der Waals surface area contributed by atoms with Crippen molar-refractivity contribution in [2.24, 2.45) is 0 Å². The number of nitrogens with zero attached hydrogens (tertiary/aromatic N) is 2. The number of rotatable bonds is 4. The standard InChI is InChI=1S/C18H20Cl2FN3/c1-23-7-6-15(11-23)24(14-3-5-18(22)17(20)9-14)10-12-8-13(21)2-4-16(12)19/h2-5,8-9,15H,6-7,10-11,22H2,1H3/t15-/m0/s1. The number of likely N-dealkylation sites (N-methyl/N-ethyl adjacent to an activating group) is 1. The third kappa shape index (κ3) is 3.77. The first-order valence-electron chi connectivity index (χ1n) is 7.88. The third-order valence-electron chi connectivity index (χ3n) is 4.47. The molecule has 0 aromatic heterocycles. The van der Waals surface area contributed by atoms with Crippen LogP contribution >= 0.6 is 23.2 Å². The summed E-state index contributed by atoms with van der Waals surface area (Å²) in [6.45, 7) is 2.49. The summed E-state index contributed by atoms with van der Waals surface area (Å²) in [5, 5.41) is 1.09. The van der Waals surface area contributed by atoms with E-state index in [4.69, 9.17) is 28.9 Å². The molecule has 1 saturated heterocycles. The number of halogens is 3. The van der Waals surface area contributed by atoms with Crippen molar-refractivity contribution in [3.63, 3.8) is 0 Å². The average Bonchev–Trinajstić information content (AvgIpc) is 2.97. The molecule has 2 aromatic carbocycles. The smallest absolute Gasteiger partial charge is 0.123 e. The van der Waals surface area contributed by atoms with E-state index in [-0.39, 0.29) is 5.82 Å². The second-order valence-corrected chi connectivity index (χ2v) is 7.09. The fraction of sp³-hybridized carbons (Fsp3) is 0.333. The van der Waals surface area contributed by atoms with E-state index in [0.717, 1.165) is 30.8 Å². The third-order valence-corrected chi connectivity index (χ3v) is 5.17. The highest BCUT2D eigenvalue weighted by Crippen LogP contribution is 2.31. The maximum Gasteiger partial charge on any atom is 0.123 e. The Bertz CT molecular complexity index is 738. The molecule has 0 radical (unpaired) electrons. The van der Waals surface area contributed by atoms with Gasteiger partial charge >= 0.3 is 0 Å². The van der Waals surface area contributed by atoms with Crippen LogP contribution in [0.5, 0.6) is 0 Å². The zero-order valence-corrected chi connectivity index (χ0v) is 15.0. The Hall–Kier alpha value is -1.49. The summed E-state index contributed by atoms with van der Waals surface area (Å²) < 4.78 is 13.6. The summed E-state index contributed by atoms with van der Waals surface area (Å²) in [6.07, 6.45) is 1.03. The highest BCUT2D eigenvalue weighted by atomic mass is 35.5. The molecule has 1 atom stereocenters. The van der Waals surface area contributed by atoms with Crippen molar-refractivity contribution in [2.45, 2.75) is 19.0 Å². The van der Waals surface area contributed by atoms with Gasteiger partial charge in [0.15, 0.2) is 0 Å². The molecule has 2 N–H and O–H groups in total. The van der Waals surface area contributed by atoms with Gasteiger partial charge < -0.3 is 15.5 Å². The second-order valence-electron chi connectivity index (χ2n) is 6.27. The zero-order valence-electron chi connectivity index (χ0n) is 13.5. The Kier molecular flexibility index (Phi) is 5.18. The van der Waals surface area contributed by atoms with Crippen LogP contribution in [0.15, 0.2) is 36.4 Å². The SMILES string of the molecule is CN1CC[C@H](N(Cc2cc(F)ccc2Cl)c2ccc(N)c(Cl)c2)C1. The van der Waals surface area contributed by atoms with Crippen LogP contribution in [0.25, 0.3) is 0 Å². The number of nitrogens with two attached hydrogens (primary N) is 1. The van der Waals surface area contributed by atoms with E-state index in [2.05, 4.69) is 16.8 Å². The minimum atomic E-state index is -0.284. The number of likely N-dealkylation sites (tertiary alicyclic amines) is 1. The molecule has 0 aliphatic carbocycles. The molecule has 0 saturated carbocycles. The molecule has 0 unspecified atom stereocenters. The van der Waals surface area contributed by atoms with Gasteiger partial charge in [-0.1, -0.05) is 23.2 Å². The van der Waals surface area contributed by atoms with Crippen molar-refractivity contribution in [3.8, 4) is 0 Å². The molecule has 1 aliphatic heterocycles. The molecule has 0 amide bonds. The van der Waals surface area contributed by atoms with E-state index in [1.54, 1.807) is 12.1 Å². The van der Waals surface area contributed by atoms with Crippen LogP contribution in [0.1, 0.15) is 12.0 Å². The Labute approximate surface area is 151 Å². The lowest BCUT2D eigenvalue weighted by molar-refractivity contribution is 0.407. The van der Waals surface area contributed by atoms with Gasteiger partial charge in [0.25, 0.3) is 0 Å². The predicted molar refractivity (Wildman–Crippen MR) is 99.4 cm³/mol. The Morgan fingerprint density at radius 2 is 2.00 bits per heavy atom. The second kappa shape index (κ2) is 7.18. The van der Waals surface area contributed by atoms with Gasteiger partial charge in [-0.15, -0.1) is 0 Å². The predicted octanol–water partition coefficient (Wildman–Crippen LogP) is 4.43. The topological polar surface area (TPSA) is 32.5 Å². The van der Waals surface area contributed by atoms with Crippen molar-refractivity contribution < 1.29 is 4.39 Å². The molecule has 0 spiro atoms.